The molecule has 2 bridgehead atoms. The van der Waals surface area contributed by atoms with Crippen LogP contribution in [0.3, 0.4) is 0 Å². The molecule has 0 amide bonds. The molecule has 3 rings (SSSR count). The molecule has 1 aromatic rings. The highest BCUT2D eigenvalue weighted by atomic mass is 79.9. The normalized spacial score (nSPS) is 29.8. The molecule has 3 atom stereocenters. The number of hydrogen-bond donors (Lipinski definition) is 0. The van der Waals surface area contributed by atoms with Gasteiger partial charge in [-0.05, 0) is 43.0 Å². The Balaban J connectivity index is 1.72. The topological polar surface area (TPSA) is 26.3 Å². The Morgan fingerprint density at radius 1 is 1.44 bits per heavy atom. The summed E-state index contributed by atoms with van der Waals surface area (Å²) in [6, 6.07) is 4.72. The first-order chi connectivity index (χ1) is 8.63. The number of hydrogen-bond acceptors (Lipinski definition) is 2. The fourth-order valence-electron chi connectivity index (χ4n) is 2.97. The van der Waals surface area contributed by atoms with Crippen molar-refractivity contribution in [2.24, 2.45) is 5.92 Å². The van der Waals surface area contributed by atoms with Crippen LogP contribution in [0.2, 0.25) is 0 Å². The predicted octanol–water partition coefficient (Wildman–Crippen LogP) is 3.27. The lowest BCUT2D eigenvalue weighted by Gasteiger charge is -2.17. The molecule has 2 heterocycles. The maximum absolute atomic E-state index is 13.6. The summed E-state index contributed by atoms with van der Waals surface area (Å²) in [5.41, 5.74) is 0.470. The van der Waals surface area contributed by atoms with E-state index in [4.69, 9.17) is 4.74 Å². The van der Waals surface area contributed by atoms with Crippen LogP contribution in [0.5, 0.6) is 0 Å². The second kappa shape index (κ2) is 4.74. The number of halogens is 2. The highest BCUT2D eigenvalue weighted by Crippen LogP contribution is 2.39. The van der Waals surface area contributed by atoms with Crippen molar-refractivity contribution < 1.29 is 13.9 Å². The van der Waals surface area contributed by atoms with Gasteiger partial charge in [0.15, 0.2) is 0 Å². The van der Waals surface area contributed by atoms with E-state index in [0.717, 1.165) is 23.7 Å². The standard InChI is InChI=1S/C14H14BrFO2/c15-9-1-3-12(16)8(5-9)6-13(17)11-7-10-2-4-14(11)18-10/h1,3,5,10-11,14H,2,4,6-7H2. The van der Waals surface area contributed by atoms with Crippen molar-refractivity contribution in [3.63, 3.8) is 0 Å². The third-order valence-electron chi connectivity index (χ3n) is 3.89. The summed E-state index contributed by atoms with van der Waals surface area (Å²) in [5.74, 6) is -0.225. The molecule has 0 N–H and O–H groups in total. The second-order valence-corrected chi connectivity index (χ2v) is 6.01. The second-order valence-electron chi connectivity index (χ2n) is 5.09. The van der Waals surface area contributed by atoms with Gasteiger partial charge in [0, 0.05) is 16.8 Å². The van der Waals surface area contributed by atoms with E-state index in [-0.39, 0.29) is 36.1 Å². The van der Waals surface area contributed by atoms with Crippen LogP contribution in [0.4, 0.5) is 4.39 Å². The molecular weight excluding hydrogens is 299 g/mol. The number of ether oxygens (including phenoxy) is 1. The predicted molar refractivity (Wildman–Crippen MR) is 68.8 cm³/mol. The van der Waals surface area contributed by atoms with Crippen LogP contribution >= 0.6 is 15.9 Å². The van der Waals surface area contributed by atoms with Crippen molar-refractivity contribution >= 4 is 21.7 Å². The number of carbonyl (C=O) groups is 1. The van der Waals surface area contributed by atoms with Gasteiger partial charge in [-0.1, -0.05) is 15.9 Å². The van der Waals surface area contributed by atoms with Crippen LogP contribution in [-0.2, 0) is 16.0 Å². The number of ketones is 1. The lowest BCUT2D eigenvalue weighted by molar-refractivity contribution is -0.123. The van der Waals surface area contributed by atoms with Gasteiger partial charge < -0.3 is 4.74 Å². The number of rotatable bonds is 3. The molecule has 3 unspecified atom stereocenters. The average molecular weight is 313 g/mol. The largest absolute Gasteiger partial charge is 0.374 e. The highest BCUT2D eigenvalue weighted by Gasteiger charge is 2.43. The molecule has 0 aromatic heterocycles. The van der Waals surface area contributed by atoms with Gasteiger partial charge in [-0.25, -0.2) is 4.39 Å². The van der Waals surface area contributed by atoms with Gasteiger partial charge in [0.05, 0.1) is 12.2 Å². The van der Waals surface area contributed by atoms with E-state index in [0.29, 0.717) is 5.56 Å². The van der Waals surface area contributed by atoms with E-state index in [1.807, 2.05) is 0 Å². The fraction of sp³-hybridized carbons (Fsp3) is 0.500. The summed E-state index contributed by atoms with van der Waals surface area (Å²) in [6.07, 6.45) is 3.37. The van der Waals surface area contributed by atoms with Crippen molar-refractivity contribution in [1.29, 1.82) is 0 Å². The van der Waals surface area contributed by atoms with Gasteiger partial charge in [-0.2, -0.15) is 0 Å². The summed E-state index contributed by atoms with van der Waals surface area (Å²) >= 11 is 3.30. The first-order valence-corrected chi connectivity index (χ1v) is 7.05. The fourth-order valence-corrected chi connectivity index (χ4v) is 3.38. The third-order valence-corrected chi connectivity index (χ3v) is 4.39. The quantitative estimate of drug-likeness (QED) is 0.856. The minimum Gasteiger partial charge on any atom is -0.374 e. The smallest absolute Gasteiger partial charge is 0.143 e. The number of fused-ring (bicyclic) bond motifs is 2. The van der Waals surface area contributed by atoms with Crippen LogP contribution in [-0.4, -0.2) is 18.0 Å². The van der Waals surface area contributed by atoms with Gasteiger partial charge >= 0.3 is 0 Å². The highest BCUT2D eigenvalue weighted by molar-refractivity contribution is 9.10. The minimum atomic E-state index is -0.310. The van der Waals surface area contributed by atoms with Crippen molar-refractivity contribution in [3.05, 3.63) is 34.1 Å². The molecule has 4 heteroatoms. The Morgan fingerprint density at radius 2 is 2.28 bits per heavy atom. The Bertz CT molecular complexity index is 489. The first-order valence-electron chi connectivity index (χ1n) is 6.25. The summed E-state index contributed by atoms with van der Waals surface area (Å²) in [6.45, 7) is 0. The van der Waals surface area contributed by atoms with Crippen molar-refractivity contribution in [1.82, 2.24) is 0 Å². The average Bonchev–Trinajstić information content (AvgIpc) is 2.96. The van der Waals surface area contributed by atoms with E-state index >= 15 is 0 Å². The van der Waals surface area contributed by atoms with Crippen molar-refractivity contribution in [3.8, 4) is 0 Å². The van der Waals surface area contributed by atoms with Gasteiger partial charge in [-0.15, -0.1) is 0 Å². The minimum absolute atomic E-state index is 0.0258. The van der Waals surface area contributed by atoms with Crippen LogP contribution < -0.4 is 0 Å². The Morgan fingerprint density at radius 3 is 2.94 bits per heavy atom. The molecule has 2 nitrogen and oxygen atoms in total. The molecule has 2 fully saturated rings. The summed E-state index contributed by atoms with van der Waals surface area (Å²) in [7, 11) is 0. The van der Waals surface area contributed by atoms with Crippen LogP contribution in [0.25, 0.3) is 0 Å². The summed E-state index contributed by atoms with van der Waals surface area (Å²) in [4.78, 5) is 12.2. The molecule has 2 saturated heterocycles. The van der Waals surface area contributed by atoms with Crippen molar-refractivity contribution in [2.45, 2.75) is 37.9 Å². The molecule has 0 radical (unpaired) electrons. The summed E-state index contributed by atoms with van der Waals surface area (Å²) < 4.78 is 20.1. The van der Waals surface area contributed by atoms with Crippen LogP contribution in [0.15, 0.2) is 22.7 Å². The van der Waals surface area contributed by atoms with Gasteiger partial charge in [0.25, 0.3) is 0 Å². The molecule has 2 aliphatic rings. The monoisotopic (exact) mass is 312 g/mol. The van der Waals surface area contributed by atoms with Crippen LogP contribution in [0, 0.1) is 11.7 Å². The number of benzene rings is 1. The van der Waals surface area contributed by atoms with Gasteiger partial charge in [-0.3, -0.25) is 4.79 Å². The lowest BCUT2D eigenvalue weighted by atomic mass is 9.84. The Hall–Kier alpha value is -0.740. The van der Waals surface area contributed by atoms with Gasteiger partial charge in [0.2, 0.25) is 0 Å². The molecule has 18 heavy (non-hydrogen) atoms. The Kier molecular flexibility index (Phi) is 3.24. The molecular formula is C14H14BrFO2. The zero-order valence-corrected chi connectivity index (χ0v) is 11.5. The molecule has 0 aliphatic carbocycles. The maximum Gasteiger partial charge on any atom is 0.143 e. The third kappa shape index (κ3) is 2.24. The van der Waals surface area contributed by atoms with Gasteiger partial charge in [0.1, 0.15) is 11.6 Å². The first kappa shape index (κ1) is 12.3. The van der Waals surface area contributed by atoms with Crippen LogP contribution in [0.1, 0.15) is 24.8 Å². The molecule has 0 spiro atoms. The van der Waals surface area contributed by atoms with E-state index in [1.54, 1.807) is 12.1 Å². The van der Waals surface area contributed by atoms with Crippen molar-refractivity contribution in [2.75, 3.05) is 0 Å². The summed E-state index contributed by atoms with van der Waals surface area (Å²) in [5, 5.41) is 0. The molecule has 2 aliphatic heterocycles. The molecule has 1 aromatic carbocycles. The maximum atomic E-state index is 13.6. The van der Waals surface area contributed by atoms with E-state index in [1.165, 1.54) is 6.07 Å². The zero-order valence-electron chi connectivity index (χ0n) is 9.86. The zero-order chi connectivity index (χ0) is 12.7. The molecule has 0 saturated carbocycles. The van der Waals surface area contributed by atoms with E-state index < -0.39 is 0 Å². The SMILES string of the molecule is O=C(Cc1cc(Br)ccc1F)C1CC2CCC1O2. The van der Waals surface area contributed by atoms with E-state index in [9.17, 15) is 9.18 Å². The Labute approximate surface area is 114 Å². The number of Topliss-reactive ketones (excluding diaryl/α,β-unsaturated/α-hetero) is 1. The number of carbonyl (C=O) groups excluding carboxylic acids is 1. The lowest BCUT2D eigenvalue weighted by Crippen LogP contribution is -2.26. The van der Waals surface area contributed by atoms with E-state index in [2.05, 4.69) is 15.9 Å². The molecule has 96 valence electrons.